The van der Waals surface area contributed by atoms with Gasteiger partial charge < -0.3 is 18.8 Å². The van der Waals surface area contributed by atoms with Crippen LogP contribution in [0.15, 0.2) is 60.7 Å². The third-order valence-electron chi connectivity index (χ3n) is 8.32. The van der Waals surface area contributed by atoms with Gasteiger partial charge in [-0.05, 0) is 60.0 Å². The van der Waals surface area contributed by atoms with Crippen molar-refractivity contribution in [2.75, 3.05) is 32.9 Å². The fraction of sp³-hybridized carbons (Fsp3) is 0.531. The van der Waals surface area contributed by atoms with Crippen LogP contribution in [0.4, 0.5) is 26.3 Å². The highest BCUT2D eigenvalue weighted by Gasteiger charge is 2.42. The molecule has 0 bridgehead atoms. The third-order valence-corrected chi connectivity index (χ3v) is 12.8. The van der Waals surface area contributed by atoms with Crippen molar-refractivity contribution in [1.29, 1.82) is 0 Å². The van der Waals surface area contributed by atoms with Gasteiger partial charge in [0.05, 0.1) is 37.1 Å². The van der Waals surface area contributed by atoms with E-state index in [2.05, 4.69) is 40.4 Å². The molecule has 44 heavy (non-hydrogen) atoms. The third kappa shape index (κ3) is 8.95. The molecule has 1 amide bonds. The monoisotopic (exact) mass is 645 g/mol. The van der Waals surface area contributed by atoms with Gasteiger partial charge in [0.25, 0.3) is 5.91 Å². The minimum Gasteiger partial charge on any atom is -0.413 e. The molecule has 3 rings (SSSR count). The second-order valence-corrected chi connectivity index (χ2v) is 17.4. The Morgan fingerprint density at radius 3 is 1.93 bits per heavy atom. The Kier molecular flexibility index (Phi) is 11.2. The summed E-state index contributed by atoms with van der Waals surface area (Å²) < 4.78 is 100.0. The molecule has 244 valence electrons. The number of hydrogen-bond donors (Lipinski definition) is 0. The number of amides is 1. The molecule has 0 saturated carbocycles. The van der Waals surface area contributed by atoms with Gasteiger partial charge in [-0.25, -0.2) is 0 Å². The molecule has 12 heteroatoms. The van der Waals surface area contributed by atoms with Crippen LogP contribution in [0.1, 0.15) is 62.0 Å². The zero-order chi connectivity index (χ0) is 33.1. The maximum atomic E-state index is 14.1. The minimum atomic E-state index is -5.03. The summed E-state index contributed by atoms with van der Waals surface area (Å²) in [6.45, 7) is 17.1. The van der Waals surface area contributed by atoms with Crippen molar-refractivity contribution in [2.45, 2.75) is 76.3 Å². The minimum absolute atomic E-state index is 0.0689. The lowest BCUT2D eigenvalue weighted by Gasteiger charge is -2.39. The van der Waals surface area contributed by atoms with Gasteiger partial charge in [0.2, 0.25) is 0 Å². The number of ether oxygens (including phenoxy) is 2. The van der Waals surface area contributed by atoms with Gasteiger partial charge >= 0.3 is 12.4 Å². The summed E-state index contributed by atoms with van der Waals surface area (Å²) in [6, 6.07) is 10.2. The number of benzene rings is 2. The molecule has 1 fully saturated rings. The van der Waals surface area contributed by atoms with Crippen molar-refractivity contribution in [3.63, 3.8) is 0 Å². The summed E-state index contributed by atoms with van der Waals surface area (Å²) in [5.41, 5.74) is -2.13. The molecule has 1 saturated heterocycles. The number of rotatable bonds is 10. The Balaban J connectivity index is 2.09. The van der Waals surface area contributed by atoms with Crippen LogP contribution in [0.25, 0.3) is 0 Å². The predicted molar refractivity (Wildman–Crippen MR) is 159 cm³/mol. The predicted octanol–water partition coefficient (Wildman–Crippen LogP) is 8.39. The molecule has 0 N–H and O–H groups in total. The number of carbonyl (C=O) groups is 1. The van der Waals surface area contributed by atoms with E-state index in [4.69, 9.17) is 13.9 Å². The molecule has 2 aromatic rings. The zero-order valence-electron chi connectivity index (χ0n) is 25.9. The van der Waals surface area contributed by atoms with Crippen LogP contribution in [0.2, 0.25) is 18.1 Å². The van der Waals surface area contributed by atoms with Crippen LogP contribution < -0.4 is 0 Å². The van der Waals surface area contributed by atoms with Crippen LogP contribution in [-0.2, 0) is 31.0 Å². The van der Waals surface area contributed by atoms with Crippen LogP contribution in [0, 0.1) is 0 Å². The van der Waals surface area contributed by atoms with Gasteiger partial charge in [0, 0.05) is 19.0 Å². The smallest absolute Gasteiger partial charge is 0.413 e. The molecule has 0 radical (unpaired) electrons. The average Bonchev–Trinajstić information content (AvgIpc) is 2.94. The standard InChI is InChI=1S/C32H41F6NO4Si/c1-21(20-42-44(6,7)30(3,4)5)27(23-11-9-8-10-12-23)28(29(40)39-13-15-41-16-14-39)43-22(2)24-17-25(31(33,34)35)19-26(18-24)32(36,37)38/h8-12,17-19,22,27-28H,1,13-16,20H2,2-7H3/t22-,27+,28-/m1/s1. The summed E-state index contributed by atoms with van der Waals surface area (Å²) in [5.74, 6) is -1.28. The van der Waals surface area contributed by atoms with Crippen molar-refractivity contribution in [2.24, 2.45) is 0 Å². The number of halogens is 6. The first-order valence-corrected chi connectivity index (χ1v) is 17.3. The first kappa shape index (κ1) is 35.8. The molecular weight excluding hydrogens is 604 g/mol. The Morgan fingerprint density at radius 1 is 0.932 bits per heavy atom. The van der Waals surface area contributed by atoms with Crippen LogP contribution in [0.5, 0.6) is 0 Å². The Bertz CT molecular complexity index is 1250. The molecule has 5 nitrogen and oxygen atoms in total. The molecule has 0 spiro atoms. The average molecular weight is 646 g/mol. The van der Waals surface area contributed by atoms with E-state index in [9.17, 15) is 31.1 Å². The SMILES string of the molecule is C=C(CO[Si](C)(C)C(C)(C)C)[C@@H](c1ccccc1)[C@@H](O[C@H](C)c1cc(C(F)(F)F)cc(C(F)(F)F)c1)C(=O)N1CCOCC1. The number of alkyl halides is 6. The van der Waals surface area contributed by atoms with Crippen molar-refractivity contribution >= 4 is 14.2 Å². The highest BCUT2D eigenvalue weighted by molar-refractivity contribution is 6.74. The number of hydrogen-bond acceptors (Lipinski definition) is 4. The summed E-state index contributed by atoms with van der Waals surface area (Å²) in [4.78, 5) is 15.6. The number of carbonyl (C=O) groups excluding carboxylic acids is 1. The number of morpholine rings is 1. The maximum Gasteiger partial charge on any atom is 0.416 e. The molecule has 0 aliphatic carbocycles. The summed E-state index contributed by atoms with van der Waals surface area (Å²) in [7, 11) is -2.27. The largest absolute Gasteiger partial charge is 0.416 e. The fourth-order valence-corrected chi connectivity index (χ4v) is 5.60. The highest BCUT2D eigenvalue weighted by Crippen LogP contribution is 2.41. The van der Waals surface area contributed by atoms with Crippen molar-refractivity contribution < 1.29 is 45.0 Å². The lowest BCUT2D eigenvalue weighted by atomic mass is 9.86. The van der Waals surface area contributed by atoms with E-state index in [1.165, 1.54) is 11.8 Å². The fourth-order valence-electron chi connectivity index (χ4n) is 4.62. The lowest BCUT2D eigenvalue weighted by molar-refractivity contribution is -0.153. The Hall–Kier alpha value is -2.67. The van der Waals surface area contributed by atoms with Gasteiger partial charge in [0.1, 0.15) is 6.10 Å². The van der Waals surface area contributed by atoms with E-state index in [1.807, 2.05) is 0 Å². The van der Waals surface area contributed by atoms with E-state index < -0.39 is 55.8 Å². The quantitative estimate of drug-likeness (QED) is 0.148. The van der Waals surface area contributed by atoms with Crippen molar-refractivity contribution in [1.82, 2.24) is 4.90 Å². The molecule has 1 aliphatic heterocycles. The van der Waals surface area contributed by atoms with Gasteiger partial charge in [-0.2, -0.15) is 26.3 Å². The summed E-state index contributed by atoms with van der Waals surface area (Å²) in [6.07, 6.45) is -12.7. The molecule has 0 aromatic heterocycles. The van der Waals surface area contributed by atoms with E-state index in [0.717, 1.165) is 0 Å². The van der Waals surface area contributed by atoms with Crippen LogP contribution in [0.3, 0.4) is 0 Å². The topological polar surface area (TPSA) is 48.0 Å². The second-order valence-electron chi connectivity index (χ2n) is 12.6. The summed E-state index contributed by atoms with van der Waals surface area (Å²) in [5, 5.41) is -0.122. The van der Waals surface area contributed by atoms with E-state index in [1.54, 1.807) is 30.3 Å². The number of nitrogens with zero attached hydrogens (tertiary/aromatic N) is 1. The maximum absolute atomic E-state index is 14.1. The second kappa shape index (κ2) is 13.8. The molecule has 1 aliphatic rings. The van der Waals surface area contributed by atoms with E-state index >= 15 is 0 Å². The van der Waals surface area contributed by atoms with Gasteiger partial charge in [-0.1, -0.05) is 57.7 Å². The molecule has 3 atom stereocenters. The molecule has 0 unspecified atom stereocenters. The Labute approximate surface area is 256 Å². The zero-order valence-corrected chi connectivity index (χ0v) is 26.9. The van der Waals surface area contributed by atoms with E-state index in [-0.39, 0.29) is 49.6 Å². The van der Waals surface area contributed by atoms with Crippen LogP contribution >= 0.6 is 0 Å². The summed E-state index contributed by atoms with van der Waals surface area (Å²) >= 11 is 0. The molecular formula is C32H41F6NO4Si. The van der Waals surface area contributed by atoms with Gasteiger partial charge in [-0.15, -0.1) is 0 Å². The molecule has 2 aromatic carbocycles. The Morgan fingerprint density at radius 2 is 1.45 bits per heavy atom. The first-order valence-electron chi connectivity index (χ1n) is 14.4. The van der Waals surface area contributed by atoms with Gasteiger partial charge in [0.15, 0.2) is 8.32 Å². The van der Waals surface area contributed by atoms with Crippen molar-refractivity contribution in [3.8, 4) is 0 Å². The van der Waals surface area contributed by atoms with Crippen LogP contribution in [-0.4, -0.2) is 58.1 Å². The normalized spacial score (nSPS) is 17.2. The van der Waals surface area contributed by atoms with Gasteiger partial charge in [-0.3, -0.25) is 4.79 Å². The van der Waals surface area contributed by atoms with Crippen molar-refractivity contribution in [3.05, 3.63) is 82.9 Å². The highest BCUT2D eigenvalue weighted by atomic mass is 28.4. The molecule has 1 heterocycles. The van der Waals surface area contributed by atoms with E-state index in [0.29, 0.717) is 23.3 Å². The lowest BCUT2D eigenvalue weighted by Crippen LogP contribution is -2.49. The first-order chi connectivity index (χ1) is 20.2.